The van der Waals surface area contributed by atoms with E-state index in [1.807, 2.05) is 0 Å². The fraction of sp³-hybridized carbons (Fsp3) is 0.500. The van der Waals surface area contributed by atoms with Crippen molar-refractivity contribution in [2.75, 3.05) is 13.3 Å². The predicted octanol–water partition coefficient (Wildman–Crippen LogP) is 2.05. The number of rotatable bonds is 4. The van der Waals surface area contributed by atoms with E-state index in [1.165, 1.54) is 27.0 Å². The molecule has 0 amide bonds. The molecule has 1 rings (SSSR count). The van der Waals surface area contributed by atoms with Gasteiger partial charge in [0.1, 0.15) is 11.6 Å². The summed E-state index contributed by atoms with van der Waals surface area (Å²) in [6.45, 7) is 2.88. The van der Waals surface area contributed by atoms with Crippen molar-refractivity contribution in [3.05, 3.63) is 35.4 Å². The van der Waals surface area contributed by atoms with Crippen molar-refractivity contribution < 1.29 is 17.2 Å². The van der Waals surface area contributed by atoms with Crippen LogP contribution < -0.4 is 5.32 Å². The molecule has 3 nitrogen and oxygen atoms in total. The summed E-state index contributed by atoms with van der Waals surface area (Å²) in [5.41, 5.74) is -0.254. The van der Waals surface area contributed by atoms with Gasteiger partial charge in [0.2, 0.25) is 0 Å². The van der Waals surface area contributed by atoms with E-state index in [0.29, 0.717) is 0 Å². The number of sulfone groups is 1. The van der Waals surface area contributed by atoms with Gasteiger partial charge >= 0.3 is 0 Å². The summed E-state index contributed by atoms with van der Waals surface area (Å²) < 4.78 is 49.7. The van der Waals surface area contributed by atoms with Crippen molar-refractivity contribution in [3.8, 4) is 0 Å². The number of nitrogens with one attached hydrogen (secondary N) is 1. The Kier molecular flexibility index (Phi) is 4.12. The monoisotopic (exact) mass is 277 g/mol. The molecule has 0 saturated carbocycles. The van der Waals surface area contributed by atoms with E-state index in [1.54, 1.807) is 0 Å². The minimum absolute atomic E-state index is 0.254. The molecular formula is C12H17F2NO2S. The molecule has 0 aliphatic heterocycles. The molecule has 0 saturated heterocycles. The highest BCUT2D eigenvalue weighted by Gasteiger charge is 2.41. The van der Waals surface area contributed by atoms with Crippen LogP contribution in [0.4, 0.5) is 8.78 Å². The Morgan fingerprint density at radius 2 is 1.67 bits per heavy atom. The molecule has 18 heavy (non-hydrogen) atoms. The van der Waals surface area contributed by atoms with E-state index in [-0.39, 0.29) is 5.56 Å². The number of hydrogen-bond acceptors (Lipinski definition) is 3. The minimum atomic E-state index is -3.49. The second-order valence-electron chi connectivity index (χ2n) is 4.73. The van der Waals surface area contributed by atoms with E-state index in [9.17, 15) is 17.2 Å². The van der Waals surface area contributed by atoms with Gasteiger partial charge in [-0.1, -0.05) is 6.07 Å². The molecule has 1 aromatic rings. The first-order valence-electron chi connectivity index (χ1n) is 5.43. The van der Waals surface area contributed by atoms with Crippen molar-refractivity contribution in [3.63, 3.8) is 0 Å². The number of benzene rings is 1. The van der Waals surface area contributed by atoms with Crippen molar-refractivity contribution in [1.82, 2.24) is 5.32 Å². The molecule has 0 aromatic heterocycles. The standard InChI is InChI=1S/C12H17F2NO2S/c1-12(2,18(4,16)17)11(15-3)10-8(13)6-5-7-9(10)14/h5-7,11,15H,1-4H3. The molecule has 0 radical (unpaired) electrons. The van der Waals surface area contributed by atoms with Gasteiger partial charge in [-0.25, -0.2) is 17.2 Å². The van der Waals surface area contributed by atoms with Gasteiger partial charge in [0, 0.05) is 11.8 Å². The zero-order chi connectivity index (χ0) is 14.1. The summed E-state index contributed by atoms with van der Waals surface area (Å²) in [5, 5.41) is 2.69. The Morgan fingerprint density at radius 1 is 1.22 bits per heavy atom. The van der Waals surface area contributed by atoms with Crippen LogP contribution in [0.3, 0.4) is 0 Å². The Balaban J connectivity index is 3.45. The maximum atomic E-state index is 13.7. The Hall–Kier alpha value is -1.01. The molecule has 1 aromatic carbocycles. The predicted molar refractivity (Wildman–Crippen MR) is 67.1 cm³/mol. The molecule has 1 atom stereocenters. The van der Waals surface area contributed by atoms with Crippen LogP contribution in [0.15, 0.2) is 18.2 Å². The molecular weight excluding hydrogens is 260 g/mol. The van der Waals surface area contributed by atoms with Crippen LogP contribution in [0.1, 0.15) is 25.5 Å². The highest BCUT2D eigenvalue weighted by atomic mass is 32.2. The maximum absolute atomic E-state index is 13.7. The zero-order valence-electron chi connectivity index (χ0n) is 10.8. The summed E-state index contributed by atoms with van der Waals surface area (Å²) in [6, 6.07) is 2.50. The molecule has 0 fully saturated rings. The summed E-state index contributed by atoms with van der Waals surface area (Å²) in [6.07, 6.45) is 1.05. The highest BCUT2D eigenvalue weighted by Crippen LogP contribution is 2.34. The van der Waals surface area contributed by atoms with Crippen molar-refractivity contribution >= 4 is 9.84 Å². The van der Waals surface area contributed by atoms with E-state index < -0.39 is 32.3 Å². The first kappa shape index (κ1) is 15.0. The molecule has 0 bridgehead atoms. The van der Waals surface area contributed by atoms with Crippen LogP contribution in [0.2, 0.25) is 0 Å². The van der Waals surface area contributed by atoms with Gasteiger partial charge in [0.25, 0.3) is 0 Å². The Bertz CT molecular complexity index is 521. The lowest BCUT2D eigenvalue weighted by Crippen LogP contribution is -2.44. The second kappa shape index (κ2) is 4.93. The van der Waals surface area contributed by atoms with Gasteiger partial charge in [-0.05, 0) is 33.0 Å². The van der Waals surface area contributed by atoms with Crippen molar-refractivity contribution in [2.24, 2.45) is 0 Å². The first-order chi connectivity index (χ1) is 8.13. The quantitative estimate of drug-likeness (QED) is 0.916. The van der Waals surface area contributed by atoms with Crippen LogP contribution in [0, 0.1) is 11.6 Å². The Labute approximate surface area is 106 Å². The molecule has 6 heteroatoms. The average Bonchev–Trinajstić information content (AvgIpc) is 2.21. The molecule has 0 aliphatic carbocycles. The summed E-state index contributed by atoms with van der Waals surface area (Å²) in [7, 11) is -2.02. The van der Waals surface area contributed by atoms with E-state index in [4.69, 9.17) is 0 Å². The topological polar surface area (TPSA) is 46.2 Å². The van der Waals surface area contributed by atoms with Crippen molar-refractivity contribution in [1.29, 1.82) is 0 Å². The van der Waals surface area contributed by atoms with Crippen LogP contribution in [0.25, 0.3) is 0 Å². The normalized spacial score (nSPS) is 14.6. The van der Waals surface area contributed by atoms with Gasteiger partial charge in [0.15, 0.2) is 9.84 Å². The number of halogens is 2. The third kappa shape index (κ3) is 2.54. The lowest BCUT2D eigenvalue weighted by molar-refractivity contribution is 0.411. The van der Waals surface area contributed by atoms with Gasteiger partial charge in [0.05, 0.1) is 10.8 Å². The third-order valence-electron chi connectivity index (χ3n) is 3.23. The maximum Gasteiger partial charge on any atom is 0.154 e. The summed E-state index contributed by atoms with van der Waals surface area (Å²) in [4.78, 5) is 0. The summed E-state index contributed by atoms with van der Waals surface area (Å²) >= 11 is 0. The molecule has 1 N–H and O–H groups in total. The molecule has 102 valence electrons. The van der Waals surface area contributed by atoms with Crippen LogP contribution in [0.5, 0.6) is 0 Å². The van der Waals surface area contributed by atoms with Crippen LogP contribution >= 0.6 is 0 Å². The minimum Gasteiger partial charge on any atom is -0.312 e. The SMILES string of the molecule is CNC(c1c(F)cccc1F)C(C)(C)S(C)(=O)=O. The molecule has 1 unspecified atom stereocenters. The third-order valence-corrected chi connectivity index (χ3v) is 5.37. The van der Waals surface area contributed by atoms with E-state index in [2.05, 4.69) is 5.32 Å². The largest absolute Gasteiger partial charge is 0.312 e. The average molecular weight is 277 g/mol. The molecule has 0 heterocycles. The number of hydrogen-bond donors (Lipinski definition) is 1. The summed E-state index contributed by atoms with van der Waals surface area (Å²) in [5.74, 6) is -1.52. The fourth-order valence-corrected chi connectivity index (χ4v) is 2.50. The lowest BCUT2D eigenvalue weighted by Gasteiger charge is -2.33. The van der Waals surface area contributed by atoms with Crippen LogP contribution in [-0.4, -0.2) is 26.5 Å². The zero-order valence-corrected chi connectivity index (χ0v) is 11.6. The Morgan fingerprint density at radius 3 is 2.00 bits per heavy atom. The molecule has 0 spiro atoms. The smallest absolute Gasteiger partial charge is 0.154 e. The van der Waals surface area contributed by atoms with E-state index in [0.717, 1.165) is 18.4 Å². The van der Waals surface area contributed by atoms with Crippen LogP contribution in [-0.2, 0) is 9.84 Å². The second-order valence-corrected chi connectivity index (χ2v) is 7.33. The van der Waals surface area contributed by atoms with Gasteiger partial charge in [-0.15, -0.1) is 0 Å². The fourth-order valence-electron chi connectivity index (χ4n) is 1.84. The van der Waals surface area contributed by atoms with E-state index >= 15 is 0 Å². The highest BCUT2D eigenvalue weighted by molar-refractivity contribution is 7.92. The lowest BCUT2D eigenvalue weighted by atomic mass is 9.94. The first-order valence-corrected chi connectivity index (χ1v) is 7.33. The van der Waals surface area contributed by atoms with Gasteiger partial charge < -0.3 is 5.32 Å². The van der Waals surface area contributed by atoms with Gasteiger partial charge in [-0.2, -0.15) is 0 Å². The van der Waals surface area contributed by atoms with Gasteiger partial charge in [-0.3, -0.25) is 0 Å². The molecule has 0 aliphatic rings. The van der Waals surface area contributed by atoms with Crippen molar-refractivity contribution in [2.45, 2.75) is 24.6 Å².